The maximum atomic E-state index is 12.9. The first-order chi connectivity index (χ1) is 15.2. The van der Waals surface area contributed by atoms with Gasteiger partial charge < -0.3 is 29.4 Å². The zero-order valence-electron chi connectivity index (χ0n) is 18.1. The first-order valence-corrected chi connectivity index (χ1v) is 11.6. The summed E-state index contributed by atoms with van der Waals surface area (Å²) in [5, 5.41) is 5.02. The summed E-state index contributed by atoms with van der Waals surface area (Å²) in [6.07, 6.45) is 6.77. The number of hydrogen-bond donors (Lipinski definition) is 2. The predicted molar refractivity (Wildman–Crippen MR) is 125 cm³/mol. The molecule has 2 aromatic rings. The smallest absolute Gasteiger partial charge is 0.253 e. The van der Waals surface area contributed by atoms with E-state index < -0.39 is 0 Å². The number of aromatic amines is 1. The quantitative estimate of drug-likeness (QED) is 0.474. The third-order valence-corrected chi connectivity index (χ3v) is 6.36. The third kappa shape index (κ3) is 5.30. The van der Waals surface area contributed by atoms with Crippen LogP contribution in [-0.4, -0.2) is 47.6 Å². The van der Waals surface area contributed by atoms with E-state index in [1.165, 1.54) is 19.3 Å². The Balaban J connectivity index is 1.53. The molecule has 0 atom stereocenters. The van der Waals surface area contributed by atoms with Gasteiger partial charge in [0.1, 0.15) is 0 Å². The number of ether oxygens (including phenoxy) is 3. The van der Waals surface area contributed by atoms with Crippen LogP contribution in [-0.2, 0) is 11.3 Å². The van der Waals surface area contributed by atoms with Crippen LogP contribution in [0.5, 0.6) is 11.5 Å². The van der Waals surface area contributed by atoms with E-state index >= 15 is 0 Å². The molecule has 1 aliphatic carbocycles. The van der Waals surface area contributed by atoms with Gasteiger partial charge in [0.25, 0.3) is 5.56 Å². The molecule has 0 radical (unpaired) electrons. The normalized spacial score (nSPS) is 15.9. The fourth-order valence-corrected chi connectivity index (χ4v) is 4.63. The molecule has 1 aromatic heterocycles. The Labute approximate surface area is 188 Å². The molecule has 168 valence electrons. The Morgan fingerprint density at radius 3 is 2.77 bits per heavy atom. The van der Waals surface area contributed by atoms with E-state index in [1.54, 1.807) is 0 Å². The fraction of sp³-hybridized carbons (Fsp3) is 0.565. The Hall–Kier alpha value is -2.32. The minimum Gasteiger partial charge on any atom is -0.454 e. The number of pyridine rings is 1. The van der Waals surface area contributed by atoms with Crippen LogP contribution in [0.3, 0.4) is 0 Å². The first-order valence-electron chi connectivity index (χ1n) is 11.2. The highest BCUT2D eigenvalue weighted by Gasteiger charge is 2.24. The molecule has 1 aromatic carbocycles. The summed E-state index contributed by atoms with van der Waals surface area (Å²) < 4.78 is 16.3. The summed E-state index contributed by atoms with van der Waals surface area (Å²) in [5.41, 5.74) is 1.36. The van der Waals surface area contributed by atoms with E-state index in [9.17, 15) is 4.79 Å². The molecule has 0 spiro atoms. The molecule has 7 nitrogen and oxygen atoms in total. The van der Waals surface area contributed by atoms with Crippen molar-refractivity contribution in [3.8, 4) is 11.5 Å². The van der Waals surface area contributed by atoms with Crippen LogP contribution in [0, 0.1) is 0 Å². The molecule has 2 N–H and O–H groups in total. The molecule has 31 heavy (non-hydrogen) atoms. The standard InChI is InChI=1S/C23H31N3O4S/c1-2-28-10-6-9-24-23(31)26(18-7-4-3-5-8-18)14-17-11-16-12-20-21(30-15-29-20)13-19(16)25-22(17)27/h11-13,18H,2-10,14-15H2,1H3,(H,24,31)(H,25,27). The molecule has 2 aliphatic rings. The van der Waals surface area contributed by atoms with Gasteiger partial charge >= 0.3 is 0 Å². The zero-order chi connectivity index (χ0) is 21.6. The SMILES string of the molecule is CCOCCCNC(=S)N(Cc1cc2cc3c(cc2[nH]c1=O)OCO3)C1CCCCC1. The number of hydrogen-bond acceptors (Lipinski definition) is 5. The number of thiocarbonyl (C=S) groups is 1. The van der Waals surface area contributed by atoms with Gasteiger partial charge in [-0.3, -0.25) is 4.79 Å². The van der Waals surface area contributed by atoms with Crippen molar-refractivity contribution in [2.24, 2.45) is 0 Å². The highest BCUT2D eigenvalue weighted by Crippen LogP contribution is 2.35. The second-order valence-corrected chi connectivity index (χ2v) is 8.51. The van der Waals surface area contributed by atoms with E-state index in [0.717, 1.165) is 49.9 Å². The van der Waals surface area contributed by atoms with Crippen LogP contribution in [0.25, 0.3) is 10.9 Å². The van der Waals surface area contributed by atoms with E-state index in [1.807, 2.05) is 25.1 Å². The molecule has 8 heteroatoms. The lowest BCUT2D eigenvalue weighted by Gasteiger charge is -2.36. The van der Waals surface area contributed by atoms with E-state index in [2.05, 4.69) is 15.2 Å². The van der Waals surface area contributed by atoms with E-state index in [-0.39, 0.29) is 12.4 Å². The van der Waals surface area contributed by atoms with Crippen LogP contribution in [0.1, 0.15) is 51.0 Å². The van der Waals surface area contributed by atoms with E-state index in [4.69, 9.17) is 26.4 Å². The molecule has 1 saturated carbocycles. The summed E-state index contributed by atoms with van der Waals surface area (Å²) >= 11 is 5.76. The number of fused-ring (bicyclic) bond motifs is 2. The van der Waals surface area contributed by atoms with Crippen molar-refractivity contribution >= 4 is 28.2 Å². The largest absolute Gasteiger partial charge is 0.454 e. The van der Waals surface area contributed by atoms with Crippen molar-refractivity contribution in [3.05, 3.63) is 34.1 Å². The van der Waals surface area contributed by atoms with Gasteiger partial charge in [-0.2, -0.15) is 0 Å². The molecule has 1 aliphatic heterocycles. The van der Waals surface area contributed by atoms with Crippen molar-refractivity contribution in [1.29, 1.82) is 0 Å². The highest BCUT2D eigenvalue weighted by atomic mass is 32.1. The summed E-state index contributed by atoms with van der Waals surface area (Å²) in [4.78, 5) is 18.1. The van der Waals surface area contributed by atoms with Gasteiger partial charge in [0, 0.05) is 42.8 Å². The second-order valence-electron chi connectivity index (χ2n) is 8.12. The van der Waals surface area contributed by atoms with Gasteiger partial charge in [-0.25, -0.2) is 0 Å². The maximum Gasteiger partial charge on any atom is 0.253 e. The van der Waals surface area contributed by atoms with Crippen LogP contribution in [0.2, 0.25) is 0 Å². The van der Waals surface area contributed by atoms with Crippen molar-refractivity contribution in [2.75, 3.05) is 26.6 Å². The lowest BCUT2D eigenvalue weighted by Crippen LogP contribution is -2.47. The molecule has 4 rings (SSSR count). The van der Waals surface area contributed by atoms with Gasteiger partial charge in [0.2, 0.25) is 6.79 Å². The van der Waals surface area contributed by atoms with Crippen molar-refractivity contribution in [2.45, 2.75) is 58.0 Å². The van der Waals surface area contributed by atoms with Gasteiger partial charge in [-0.1, -0.05) is 19.3 Å². The Bertz CT molecular complexity index is 971. The van der Waals surface area contributed by atoms with Gasteiger partial charge in [-0.05, 0) is 50.5 Å². The zero-order valence-corrected chi connectivity index (χ0v) is 18.9. The minimum atomic E-state index is -0.0914. The third-order valence-electron chi connectivity index (χ3n) is 5.98. The summed E-state index contributed by atoms with van der Waals surface area (Å²) in [6, 6.07) is 6.05. The molecule has 0 amide bonds. The lowest BCUT2D eigenvalue weighted by molar-refractivity contribution is 0.145. The summed E-state index contributed by atoms with van der Waals surface area (Å²) in [5.74, 6) is 1.37. The number of aromatic nitrogens is 1. The van der Waals surface area contributed by atoms with Crippen molar-refractivity contribution < 1.29 is 14.2 Å². The predicted octanol–water partition coefficient (Wildman–Crippen LogP) is 3.69. The number of nitrogens with one attached hydrogen (secondary N) is 2. The Kier molecular flexibility index (Phi) is 7.29. The van der Waals surface area contributed by atoms with E-state index in [0.29, 0.717) is 34.8 Å². The van der Waals surface area contributed by atoms with Crippen LogP contribution in [0.15, 0.2) is 23.0 Å². The average Bonchev–Trinajstić information content (AvgIpc) is 3.23. The molecule has 0 saturated heterocycles. The van der Waals surface area contributed by atoms with Gasteiger partial charge in [0.05, 0.1) is 12.1 Å². The number of rotatable bonds is 8. The molecular weight excluding hydrogens is 414 g/mol. The number of H-pyrrole nitrogens is 1. The monoisotopic (exact) mass is 445 g/mol. The van der Waals surface area contributed by atoms with Crippen LogP contribution < -0.4 is 20.3 Å². The van der Waals surface area contributed by atoms with Crippen molar-refractivity contribution in [1.82, 2.24) is 15.2 Å². The summed E-state index contributed by atoms with van der Waals surface area (Å²) in [6.45, 7) is 4.90. The number of benzene rings is 1. The molecule has 0 unspecified atom stereocenters. The van der Waals surface area contributed by atoms with Gasteiger partial charge in [0.15, 0.2) is 16.6 Å². The number of nitrogens with zero attached hydrogens (tertiary/aromatic N) is 1. The summed E-state index contributed by atoms with van der Waals surface area (Å²) in [7, 11) is 0. The average molecular weight is 446 g/mol. The minimum absolute atomic E-state index is 0.0914. The van der Waals surface area contributed by atoms with Crippen molar-refractivity contribution in [3.63, 3.8) is 0 Å². The van der Waals surface area contributed by atoms with Crippen LogP contribution in [0.4, 0.5) is 0 Å². The first kappa shape index (κ1) is 21.9. The topological polar surface area (TPSA) is 75.8 Å². The molecule has 2 heterocycles. The van der Waals surface area contributed by atoms with Crippen LogP contribution >= 0.6 is 12.2 Å². The Morgan fingerprint density at radius 1 is 1.23 bits per heavy atom. The molecule has 0 bridgehead atoms. The van der Waals surface area contributed by atoms with Gasteiger partial charge in [-0.15, -0.1) is 0 Å². The fourth-order valence-electron chi connectivity index (χ4n) is 4.32. The molecular formula is C23H31N3O4S. The molecule has 1 fully saturated rings. The Morgan fingerprint density at radius 2 is 2.00 bits per heavy atom. The second kappa shape index (κ2) is 10.3. The highest BCUT2D eigenvalue weighted by molar-refractivity contribution is 7.80. The lowest BCUT2D eigenvalue weighted by atomic mass is 9.94. The maximum absolute atomic E-state index is 12.9.